The molecule has 7 nitrogen and oxygen atoms in total. The molecular weight excluding hydrogens is 472 g/mol. The number of thiophene rings is 1. The molecule has 0 radical (unpaired) electrons. The Morgan fingerprint density at radius 1 is 1.14 bits per heavy atom. The Labute approximate surface area is 215 Å². The Morgan fingerprint density at radius 2 is 2.00 bits per heavy atom. The van der Waals surface area contributed by atoms with Gasteiger partial charge in [-0.15, -0.1) is 11.3 Å². The third-order valence-corrected chi connectivity index (χ3v) is 7.86. The summed E-state index contributed by atoms with van der Waals surface area (Å²) in [5, 5.41) is 12.7. The Hall–Kier alpha value is -3.20. The van der Waals surface area contributed by atoms with Crippen molar-refractivity contribution in [3.05, 3.63) is 76.2 Å². The predicted octanol–water partition coefficient (Wildman–Crippen LogP) is 3.54. The Kier molecular flexibility index (Phi) is 7.36. The molecule has 2 fully saturated rings. The molecule has 188 valence electrons. The van der Waals surface area contributed by atoms with E-state index in [1.54, 1.807) is 11.3 Å². The molecule has 4 N–H and O–H groups in total. The van der Waals surface area contributed by atoms with Gasteiger partial charge in [0.25, 0.3) is 5.91 Å². The van der Waals surface area contributed by atoms with E-state index < -0.39 is 0 Å². The maximum absolute atomic E-state index is 13.1. The summed E-state index contributed by atoms with van der Waals surface area (Å²) in [5.74, 6) is 0.734. The van der Waals surface area contributed by atoms with Gasteiger partial charge in [-0.2, -0.15) is 0 Å². The molecular formula is C28H32N4O3S. The zero-order valence-electron chi connectivity index (χ0n) is 20.6. The monoisotopic (exact) mass is 504 g/mol. The number of aryl methyl sites for hydroxylation is 1. The molecule has 3 heterocycles. The van der Waals surface area contributed by atoms with Crippen LogP contribution in [0, 0.1) is 6.92 Å². The van der Waals surface area contributed by atoms with Crippen LogP contribution in [-0.4, -0.2) is 43.6 Å². The van der Waals surface area contributed by atoms with Crippen LogP contribution in [0.5, 0.6) is 5.75 Å². The van der Waals surface area contributed by atoms with Crippen LogP contribution >= 0.6 is 11.3 Å². The minimum Gasteiger partial charge on any atom is -0.488 e. The zero-order chi connectivity index (χ0) is 25.1. The lowest BCUT2D eigenvalue weighted by Gasteiger charge is -2.28. The van der Waals surface area contributed by atoms with Gasteiger partial charge in [0.1, 0.15) is 11.9 Å². The number of carbonyl (C=O) groups excluding carboxylic acids is 2. The number of rotatable bonds is 9. The zero-order valence-corrected chi connectivity index (χ0v) is 21.4. The number of hydrogen-bond donors (Lipinski definition) is 4. The van der Waals surface area contributed by atoms with Crippen LogP contribution in [0.25, 0.3) is 10.4 Å². The number of benzene rings is 2. The molecule has 0 aliphatic carbocycles. The normalized spacial score (nSPS) is 18.4. The summed E-state index contributed by atoms with van der Waals surface area (Å²) in [4.78, 5) is 26.9. The summed E-state index contributed by atoms with van der Waals surface area (Å²) >= 11 is 1.74. The van der Waals surface area contributed by atoms with Gasteiger partial charge in [0.15, 0.2) is 0 Å². The van der Waals surface area contributed by atoms with Gasteiger partial charge in [-0.1, -0.05) is 24.3 Å². The van der Waals surface area contributed by atoms with Crippen molar-refractivity contribution in [2.75, 3.05) is 19.6 Å². The van der Waals surface area contributed by atoms with E-state index in [0.29, 0.717) is 18.5 Å². The molecule has 3 aromatic rings. The van der Waals surface area contributed by atoms with Crippen LogP contribution in [0.4, 0.5) is 0 Å². The van der Waals surface area contributed by atoms with Crippen LogP contribution in [-0.2, 0) is 11.3 Å². The number of amides is 2. The first kappa shape index (κ1) is 24.5. The van der Waals surface area contributed by atoms with E-state index in [-0.39, 0.29) is 30.0 Å². The van der Waals surface area contributed by atoms with E-state index in [9.17, 15) is 9.59 Å². The molecule has 8 heteroatoms. The third-order valence-electron chi connectivity index (χ3n) is 6.72. The van der Waals surface area contributed by atoms with E-state index >= 15 is 0 Å². The average molecular weight is 505 g/mol. The highest BCUT2D eigenvalue weighted by molar-refractivity contribution is 7.15. The van der Waals surface area contributed by atoms with Gasteiger partial charge in [-0.05, 0) is 60.9 Å². The largest absolute Gasteiger partial charge is 0.488 e. The highest BCUT2D eigenvalue weighted by atomic mass is 32.1. The summed E-state index contributed by atoms with van der Waals surface area (Å²) in [6.07, 6.45) is 0.710. The van der Waals surface area contributed by atoms with Crippen molar-refractivity contribution in [1.29, 1.82) is 0 Å². The summed E-state index contributed by atoms with van der Waals surface area (Å²) in [6.45, 7) is 7.06. The van der Waals surface area contributed by atoms with E-state index in [1.165, 1.54) is 9.75 Å². The fourth-order valence-electron chi connectivity index (χ4n) is 4.40. The van der Waals surface area contributed by atoms with Gasteiger partial charge >= 0.3 is 0 Å². The van der Waals surface area contributed by atoms with E-state index in [0.717, 1.165) is 42.1 Å². The maximum atomic E-state index is 13.1. The molecule has 1 unspecified atom stereocenters. The van der Waals surface area contributed by atoms with Crippen molar-refractivity contribution >= 4 is 23.2 Å². The summed E-state index contributed by atoms with van der Waals surface area (Å²) < 4.78 is 5.94. The predicted molar refractivity (Wildman–Crippen MR) is 142 cm³/mol. The molecule has 1 aromatic heterocycles. The Balaban J connectivity index is 1.22. The number of ether oxygens (including phenoxy) is 1. The minimum absolute atomic E-state index is 0.105. The third kappa shape index (κ3) is 5.78. The topological polar surface area (TPSA) is 91.5 Å². The van der Waals surface area contributed by atoms with Crippen molar-refractivity contribution in [1.82, 2.24) is 21.3 Å². The molecule has 2 atom stereocenters. The first-order valence-corrected chi connectivity index (χ1v) is 13.2. The molecule has 2 aromatic carbocycles. The second kappa shape index (κ2) is 10.8. The van der Waals surface area contributed by atoms with E-state index in [1.807, 2.05) is 44.2 Å². The lowest BCUT2D eigenvalue weighted by molar-refractivity contribution is -0.119. The van der Waals surface area contributed by atoms with Gasteiger partial charge in [0, 0.05) is 54.0 Å². The van der Waals surface area contributed by atoms with Crippen LogP contribution in [0.3, 0.4) is 0 Å². The molecule has 0 bridgehead atoms. The van der Waals surface area contributed by atoms with Crippen molar-refractivity contribution in [2.24, 2.45) is 0 Å². The fraction of sp³-hybridized carbons (Fsp3) is 0.357. The van der Waals surface area contributed by atoms with Crippen molar-refractivity contribution in [3.63, 3.8) is 0 Å². The first-order chi connectivity index (χ1) is 17.4. The smallest absolute Gasteiger partial charge is 0.252 e. The van der Waals surface area contributed by atoms with Crippen molar-refractivity contribution in [2.45, 2.75) is 45.0 Å². The molecule has 0 saturated carbocycles. The highest BCUT2D eigenvalue weighted by Gasteiger charge is 2.21. The average Bonchev–Trinajstić information content (AvgIpc) is 3.50. The molecule has 2 amide bonds. The number of carbonyl (C=O) groups is 2. The first-order valence-electron chi connectivity index (χ1n) is 12.4. The highest BCUT2D eigenvalue weighted by Crippen LogP contribution is 2.30. The maximum Gasteiger partial charge on any atom is 0.252 e. The quantitative estimate of drug-likeness (QED) is 0.358. The van der Waals surface area contributed by atoms with Gasteiger partial charge in [-0.3, -0.25) is 9.59 Å². The van der Waals surface area contributed by atoms with E-state index in [2.05, 4.69) is 45.5 Å². The molecule has 5 rings (SSSR count). The van der Waals surface area contributed by atoms with Crippen LogP contribution in [0.1, 0.15) is 45.7 Å². The number of nitrogens with one attached hydrogen (secondary N) is 4. The van der Waals surface area contributed by atoms with Crippen LogP contribution in [0.15, 0.2) is 54.6 Å². The van der Waals surface area contributed by atoms with Crippen molar-refractivity contribution < 1.29 is 14.3 Å². The second-order valence-electron chi connectivity index (χ2n) is 9.55. The Morgan fingerprint density at radius 3 is 2.75 bits per heavy atom. The lowest BCUT2D eigenvalue weighted by atomic mass is 10.0. The summed E-state index contributed by atoms with van der Waals surface area (Å²) in [5.41, 5.74) is 3.74. The molecule has 36 heavy (non-hydrogen) atoms. The Bertz CT molecular complexity index is 1250. The minimum atomic E-state index is -0.147. The SMILES string of the molecule is Cc1ccc(OC2CNC2)cc1C(=O)N[C@H](C)c1cccc(-c2ccc(CNC3CNC(=O)C3)s2)c1. The molecule has 2 aliphatic rings. The molecule has 2 aliphatic heterocycles. The van der Waals surface area contributed by atoms with Gasteiger partial charge in [-0.25, -0.2) is 0 Å². The summed E-state index contributed by atoms with van der Waals surface area (Å²) in [7, 11) is 0. The molecule has 2 saturated heterocycles. The lowest BCUT2D eigenvalue weighted by Crippen LogP contribution is -2.50. The molecule has 0 spiro atoms. The van der Waals surface area contributed by atoms with E-state index in [4.69, 9.17) is 4.74 Å². The van der Waals surface area contributed by atoms with Gasteiger partial charge in [0.05, 0.1) is 6.04 Å². The van der Waals surface area contributed by atoms with Crippen LogP contribution in [0.2, 0.25) is 0 Å². The van der Waals surface area contributed by atoms with Crippen molar-refractivity contribution in [3.8, 4) is 16.2 Å². The summed E-state index contributed by atoms with van der Waals surface area (Å²) in [6, 6.07) is 18.3. The van der Waals surface area contributed by atoms with Gasteiger partial charge < -0.3 is 26.0 Å². The van der Waals surface area contributed by atoms with Gasteiger partial charge in [0.2, 0.25) is 5.91 Å². The fourth-order valence-corrected chi connectivity index (χ4v) is 5.35. The standard InChI is InChI=1S/C28H32N4O3S/c1-17-6-7-22(35-23-14-29-15-23)12-25(17)28(34)32-18(2)19-4-3-5-20(10-19)26-9-8-24(36-26)16-30-21-11-27(33)31-13-21/h3-10,12,18,21,23,29-30H,11,13-16H2,1-2H3,(H,31,33)(H,32,34)/t18-,21?/m1/s1. The second-order valence-corrected chi connectivity index (χ2v) is 10.7. The van der Waals surface area contributed by atoms with Crippen LogP contribution < -0.4 is 26.0 Å². The number of hydrogen-bond acceptors (Lipinski definition) is 6.